The summed E-state index contributed by atoms with van der Waals surface area (Å²) in [6.07, 6.45) is 9.67. The Kier molecular flexibility index (Phi) is 2.26. The van der Waals surface area contributed by atoms with Gasteiger partial charge in [-0.05, 0) is 25.3 Å². The second kappa shape index (κ2) is 3.32. The van der Waals surface area contributed by atoms with E-state index in [0.29, 0.717) is 0 Å². The summed E-state index contributed by atoms with van der Waals surface area (Å²) in [6.45, 7) is 0. The molecule has 0 saturated carbocycles. The lowest BCUT2D eigenvalue weighted by Gasteiger charge is -1.91. The van der Waals surface area contributed by atoms with Crippen LogP contribution in [0.15, 0.2) is 12.2 Å². The van der Waals surface area contributed by atoms with E-state index in [1.165, 1.54) is 12.8 Å². The molecule has 0 heteroatoms. The Morgan fingerprint density at radius 1 is 1.12 bits per heavy atom. The molecule has 0 saturated heterocycles. The molecule has 0 amide bonds. The van der Waals surface area contributed by atoms with Crippen molar-refractivity contribution in [1.82, 2.24) is 0 Å². The van der Waals surface area contributed by atoms with E-state index < -0.39 is 0 Å². The molecule has 1 aliphatic carbocycles. The van der Waals surface area contributed by atoms with Crippen LogP contribution in [-0.2, 0) is 0 Å². The number of rotatable bonds is 0. The summed E-state index contributed by atoms with van der Waals surface area (Å²) >= 11 is 0. The molecular formula is C8H9. The van der Waals surface area contributed by atoms with Crippen molar-refractivity contribution in [2.75, 3.05) is 0 Å². The van der Waals surface area contributed by atoms with Gasteiger partial charge >= 0.3 is 0 Å². The lowest BCUT2D eigenvalue weighted by molar-refractivity contribution is 0.845. The standard InChI is InChI=1S/C8H9/c1-2-4-6-8-7-5-3-1/h1-2,8H,3,5,7H2. The Morgan fingerprint density at radius 3 is 3.12 bits per heavy atom. The van der Waals surface area contributed by atoms with Crippen LogP contribution in [0.3, 0.4) is 0 Å². The molecule has 0 nitrogen and oxygen atoms in total. The molecule has 0 atom stereocenters. The van der Waals surface area contributed by atoms with Crippen molar-refractivity contribution in [2.24, 2.45) is 0 Å². The van der Waals surface area contributed by atoms with E-state index in [1.807, 2.05) is 12.5 Å². The lowest BCUT2D eigenvalue weighted by atomic mass is 10.1. The van der Waals surface area contributed by atoms with E-state index in [2.05, 4.69) is 17.9 Å². The molecule has 0 aromatic carbocycles. The van der Waals surface area contributed by atoms with Crippen LogP contribution in [-0.4, -0.2) is 0 Å². The number of hydrogen-bond donors (Lipinski definition) is 0. The summed E-state index contributed by atoms with van der Waals surface area (Å²) in [5, 5.41) is 0. The van der Waals surface area contributed by atoms with Gasteiger partial charge in [-0.1, -0.05) is 17.9 Å². The Balaban J connectivity index is 2.41. The Hall–Kier alpha value is -0.700. The number of hydrogen-bond acceptors (Lipinski definition) is 0. The maximum absolute atomic E-state index is 2.93. The molecular weight excluding hydrogens is 96.1 g/mol. The van der Waals surface area contributed by atoms with Crippen LogP contribution in [0.4, 0.5) is 0 Å². The highest BCUT2D eigenvalue weighted by Crippen LogP contribution is 2.00. The minimum absolute atomic E-state index is 1.15. The highest BCUT2D eigenvalue weighted by atomic mass is 13.9. The molecule has 0 unspecified atom stereocenters. The Morgan fingerprint density at radius 2 is 2.12 bits per heavy atom. The first kappa shape index (κ1) is 5.44. The normalized spacial score (nSPS) is 18.0. The van der Waals surface area contributed by atoms with Gasteiger partial charge in [0.05, 0.1) is 0 Å². The molecule has 1 radical (unpaired) electrons. The molecule has 0 aromatic rings. The van der Waals surface area contributed by atoms with Gasteiger partial charge in [0.15, 0.2) is 0 Å². The van der Waals surface area contributed by atoms with Crippen LogP contribution in [0.2, 0.25) is 0 Å². The largest absolute Gasteiger partial charge is 0.0938 e. The molecule has 8 heavy (non-hydrogen) atoms. The van der Waals surface area contributed by atoms with E-state index in [-0.39, 0.29) is 0 Å². The third kappa shape index (κ3) is 1.84. The van der Waals surface area contributed by atoms with E-state index in [4.69, 9.17) is 0 Å². The zero-order valence-corrected chi connectivity index (χ0v) is 4.85. The van der Waals surface area contributed by atoms with Gasteiger partial charge in [0, 0.05) is 6.42 Å². The summed E-state index contributed by atoms with van der Waals surface area (Å²) in [5.74, 6) is 5.83. The highest BCUT2D eigenvalue weighted by molar-refractivity contribution is 5.21. The average Bonchev–Trinajstić information content (AvgIpc) is 1.62. The monoisotopic (exact) mass is 105 g/mol. The summed E-state index contributed by atoms with van der Waals surface area (Å²) in [7, 11) is 0. The van der Waals surface area contributed by atoms with Crippen molar-refractivity contribution in [3.63, 3.8) is 0 Å². The van der Waals surface area contributed by atoms with Crippen LogP contribution < -0.4 is 0 Å². The predicted octanol–water partition coefficient (Wildman–Crippen LogP) is 1.93. The van der Waals surface area contributed by atoms with E-state index in [9.17, 15) is 0 Å². The van der Waals surface area contributed by atoms with Gasteiger partial charge in [-0.25, -0.2) is 0 Å². The molecule has 0 spiro atoms. The van der Waals surface area contributed by atoms with Crippen LogP contribution in [0.1, 0.15) is 19.3 Å². The van der Waals surface area contributed by atoms with Crippen molar-refractivity contribution in [3.8, 4) is 11.8 Å². The minimum Gasteiger partial charge on any atom is -0.0938 e. The van der Waals surface area contributed by atoms with Crippen molar-refractivity contribution in [2.45, 2.75) is 19.3 Å². The van der Waals surface area contributed by atoms with Crippen LogP contribution in [0, 0.1) is 18.3 Å². The maximum atomic E-state index is 2.93. The minimum atomic E-state index is 1.15. The molecule has 0 N–H and O–H groups in total. The topological polar surface area (TPSA) is 0 Å². The zero-order chi connectivity index (χ0) is 5.66. The van der Waals surface area contributed by atoms with Crippen molar-refractivity contribution in [1.29, 1.82) is 0 Å². The molecule has 0 heterocycles. The highest BCUT2D eigenvalue weighted by Gasteiger charge is 1.84. The molecule has 0 bridgehead atoms. The second-order valence-electron chi connectivity index (χ2n) is 1.83. The quantitative estimate of drug-likeness (QED) is 0.413. The molecule has 1 aliphatic rings. The molecule has 41 valence electrons. The lowest BCUT2D eigenvalue weighted by Crippen LogP contribution is -1.75. The van der Waals surface area contributed by atoms with Crippen molar-refractivity contribution < 1.29 is 0 Å². The Bertz CT molecular complexity index is 132. The van der Waals surface area contributed by atoms with Gasteiger partial charge in [-0.15, -0.1) is 0 Å². The zero-order valence-electron chi connectivity index (χ0n) is 4.85. The third-order valence-electron chi connectivity index (χ3n) is 1.11. The molecule has 0 fully saturated rings. The molecule has 1 rings (SSSR count). The second-order valence-corrected chi connectivity index (χ2v) is 1.83. The van der Waals surface area contributed by atoms with Gasteiger partial charge in [0.1, 0.15) is 0 Å². The van der Waals surface area contributed by atoms with Gasteiger partial charge in [-0.3, -0.25) is 0 Å². The summed E-state index contributed by atoms with van der Waals surface area (Å²) in [6, 6.07) is 0. The summed E-state index contributed by atoms with van der Waals surface area (Å²) in [5.41, 5.74) is 0. The van der Waals surface area contributed by atoms with Gasteiger partial charge in [-0.2, -0.15) is 0 Å². The van der Waals surface area contributed by atoms with Gasteiger partial charge in [0.2, 0.25) is 0 Å². The average molecular weight is 105 g/mol. The van der Waals surface area contributed by atoms with E-state index in [1.54, 1.807) is 0 Å². The molecule has 0 aromatic heterocycles. The number of allylic oxidation sites excluding steroid dienone is 2. The van der Waals surface area contributed by atoms with Gasteiger partial charge < -0.3 is 0 Å². The third-order valence-corrected chi connectivity index (χ3v) is 1.11. The first-order valence-electron chi connectivity index (χ1n) is 2.98. The first-order valence-corrected chi connectivity index (χ1v) is 2.98. The van der Waals surface area contributed by atoms with Crippen molar-refractivity contribution in [3.05, 3.63) is 18.6 Å². The maximum Gasteiger partial charge on any atom is 0.0344 e. The summed E-state index contributed by atoms with van der Waals surface area (Å²) < 4.78 is 0. The van der Waals surface area contributed by atoms with E-state index in [0.717, 1.165) is 6.42 Å². The van der Waals surface area contributed by atoms with Crippen LogP contribution >= 0.6 is 0 Å². The van der Waals surface area contributed by atoms with Crippen LogP contribution in [0.25, 0.3) is 0 Å². The smallest absolute Gasteiger partial charge is 0.0344 e. The van der Waals surface area contributed by atoms with Crippen molar-refractivity contribution >= 4 is 0 Å². The predicted molar refractivity (Wildman–Crippen MR) is 35.1 cm³/mol. The van der Waals surface area contributed by atoms with E-state index >= 15 is 0 Å². The Labute approximate surface area is 50.6 Å². The fourth-order valence-electron chi connectivity index (χ4n) is 0.659. The van der Waals surface area contributed by atoms with Gasteiger partial charge in [0.25, 0.3) is 0 Å². The van der Waals surface area contributed by atoms with Crippen LogP contribution in [0.5, 0.6) is 0 Å². The summed E-state index contributed by atoms with van der Waals surface area (Å²) in [4.78, 5) is 0. The fourth-order valence-corrected chi connectivity index (χ4v) is 0.659. The first-order chi connectivity index (χ1) is 4.00. The SMILES string of the molecule is C1#CC=CCCC[CH]1. The fraction of sp³-hybridized carbons (Fsp3) is 0.375. The molecule has 0 aliphatic heterocycles.